The SMILES string of the molecule is COc1ccccc1OCc1csc(C(=O)NCc2ccccc2Cl)c1. The summed E-state index contributed by atoms with van der Waals surface area (Å²) in [6.07, 6.45) is 0. The molecule has 0 spiro atoms. The van der Waals surface area contributed by atoms with Crippen LogP contribution < -0.4 is 14.8 Å². The lowest BCUT2D eigenvalue weighted by Crippen LogP contribution is -2.21. The number of carbonyl (C=O) groups is 1. The first-order valence-corrected chi connectivity index (χ1v) is 9.28. The van der Waals surface area contributed by atoms with Crippen molar-refractivity contribution in [2.45, 2.75) is 13.2 Å². The molecule has 1 amide bonds. The van der Waals surface area contributed by atoms with E-state index >= 15 is 0 Å². The molecule has 0 saturated carbocycles. The van der Waals surface area contributed by atoms with Crippen LogP contribution in [0.15, 0.2) is 60.0 Å². The third-order valence-electron chi connectivity index (χ3n) is 3.74. The van der Waals surface area contributed by atoms with Crippen molar-refractivity contribution in [3.05, 3.63) is 81.0 Å². The van der Waals surface area contributed by atoms with Gasteiger partial charge in [-0.15, -0.1) is 11.3 Å². The normalized spacial score (nSPS) is 10.4. The highest BCUT2D eigenvalue weighted by Gasteiger charge is 2.11. The molecular weight excluding hydrogens is 370 g/mol. The molecule has 1 N–H and O–H groups in total. The second-order valence-corrected chi connectivity index (χ2v) is 6.85. The van der Waals surface area contributed by atoms with E-state index in [2.05, 4.69) is 5.32 Å². The molecule has 0 fully saturated rings. The summed E-state index contributed by atoms with van der Waals surface area (Å²) in [5.41, 5.74) is 1.82. The molecular formula is C20H18ClNO3S. The van der Waals surface area contributed by atoms with Crippen molar-refractivity contribution in [1.29, 1.82) is 0 Å². The monoisotopic (exact) mass is 387 g/mol. The third-order valence-corrected chi connectivity index (χ3v) is 5.08. The number of nitrogens with one attached hydrogen (secondary N) is 1. The van der Waals surface area contributed by atoms with Crippen molar-refractivity contribution in [1.82, 2.24) is 5.32 Å². The Morgan fingerprint density at radius 2 is 1.85 bits per heavy atom. The van der Waals surface area contributed by atoms with Gasteiger partial charge in [0.05, 0.1) is 12.0 Å². The maximum absolute atomic E-state index is 12.3. The summed E-state index contributed by atoms with van der Waals surface area (Å²) in [4.78, 5) is 12.9. The molecule has 3 rings (SSSR count). The van der Waals surface area contributed by atoms with E-state index < -0.39 is 0 Å². The minimum Gasteiger partial charge on any atom is -0.493 e. The number of amides is 1. The number of rotatable bonds is 7. The first-order valence-electron chi connectivity index (χ1n) is 8.02. The van der Waals surface area contributed by atoms with Crippen LogP contribution in [-0.4, -0.2) is 13.0 Å². The van der Waals surface area contributed by atoms with Gasteiger partial charge in [0, 0.05) is 17.1 Å². The molecule has 4 nitrogen and oxygen atoms in total. The molecule has 0 bridgehead atoms. The maximum atomic E-state index is 12.3. The predicted octanol–water partition coefficient (Wildman–Crippen LogP) is 4.92. The fourth-order valence-corrected chi connectivity index (χ4v) is 3.39. The molecule has 0 saturated heterocycles. The highest BCUT2D eigenvalue weighted by molar-refractivity contribution is 7.12. The molecule has 134 valence electrons. The van der Waals surface area contributed by atoms with Crippen molar-refractivity contribution >= 4 is 28.8 Å². The average molecular weight is 388 g/mol. The van der Waals surface area contributed by atoms with Crippen molar-refractivity contribution in [2.24, 2.45) is 0 Å². The summed E-state index contributed by atoms with van der Waals surface area (Å²) < 4.78 is 11.0. The molecule has 0 aliphatic heterocycles. The summed E-state index contributed by atoms with van der Waals surface area (Å²) in [6, 6.07) is 16.8. The van der Waals surface area contributed by atoms with Crippen LogP contribution in [0.25, 0.3) is 0 Å². The van der Waals surface area contributed by atoms with E-state index in [4.69, 9.17) is 21.1 Å². The van der Waals surface area contributed by atoms with Crippen LogP contribution >= 0.6 is 22.9 Å². The zero-order valence-corrected chi connectivity index (χ0v) is 15.8. The Balaban J connectivity index is 1.57. The fourth-order valence-electron chi connectivity index (χ4n) is 2.37. The summed E-state index contributed by atoms with van der Waals surface area (Å²) in [5.74, 6) is 1.23. The molecule has 1 aromatic heterocycles. The van der Waals surface area contributed by atoms with Crippen LogP contribution in [0.2, 0.25) is 5.02 Å². The molecule has 0 atom stereocenters. The van der Waals surface area contributed by atoms with E-state index in [1.54, 1.807) is 7.11 Å². The second kappa shape index (κ2) is 8.74. The molecule has 0 radical (unpaired) electrons. The van der Waals surface area contributed by atoms with E-state index in [9.17, 15) is 4.79 Å². The molecule has 2 aromatic carbocycles. The first-order chi connectivity index (χ1) is 12.7. The van der Waals surface area contributed by atoms with Gasteiger partial charge >= 0.3 is 0 Å². The fraction of sp³-hybridized carbons (Fsp3) is 0.150. The van der Waals surface area contributed by atoms with Crippen LogP contribution in [0.5, 0.6) is 11.5 Å². The Bertz CT molecular complexity index is 894. The Kier molecular flexibility index (Phi) is 6.15. The maximum Gasteiger partial charge on any atom is 0.261 e. The Morgan fingerprint density at radius 3 is 2.62 bits per heavy atom. The number of para-hydroxylation sites is 2. The Morgan fingerprint density at radius 1 is 1.12 bits per heavy atom. The van der Waals surface area contributed by atoms with E-state index in [-0.39, 0.29) is 5.91 Å². The highest BCUT2D eigenvalue weighted by atomic mass is 35.5. The lowest BCUT2D eigenvalue weighted by molar-refractivity contribution is 0.0955. The number of benzene rings is 2. The minimum absolute atomic E-state index is 0.126. The molecule has 26 heavy (non-hydrogen) atoms. The number of carbonyl (C=O) groups excluding carboxylic acids is 1. The second-order valence-electron chi connectivity index (χ2n) is 5.53. The standard InChI is InChI=1S/C20H18ClNO3S/c1-24-17-8-4-5-9-18(17)25-12-14-10-19(26-13-14)20(23)22-11-15-6-2-3-7-16(15)21/h2-10,13H,11-12H2,1H3,(H,22,23). The molecule has 0 aliphatic rings. The quantitative estimate of drug-likeness (QED) is 0.626. The topological polar surface area (TPSA) is 47.6 Å². The van der Waals surface area contributed by atoms with Crippen LogP contribution in [-0.2, 0) is 13.2 Å². The molecule has 1 heterocycles. The summed E-state index contributed by atoms with van der Waals surface area (Å²) in [6.45, 7) is 0.762. The van der Waals surface area contributed by atoms with Crippen molar-refractivity contribution < 1.29 is 14.3 Å². The minimum atomic E-state index is -0.126. The van der Waals surface area contributed by atoms with Gasteiger partial charge in [0.15, 0.2) is 11.5 Å². The van der Waals surface area contributed by atoms with E-state index in [1.165, 1.54) is 11.3 Å². The van der Waals surface area contributed by atoms with Gasteiger partial charge in [-0.05, 0) is 35.2 Å². The molecule has 0 unspecified atom stereocenters. The van der Waals surface area contributed by atoms with Crippen LogP contribution in [0.3, 0.4) is 0 Å². The molecule has 6 heteroatoms. The van der Waals surface area contributed by atoms with E-state index in [0.29, 0.717) is 34.6 Å². The number of hydrogen-bond donors (Lipinski definition) is 1. The summed E-state index contributed by atoms with van der Waals surface area (Å²) in [5, 5.41) is 5.45. The van der Waals surface area contributed by atoms with Gasteiger partial charge in [-0.1, -0.05) is 41.9 Å². The van der Waals surface area contributed by atoms with Crippen LogP contribution in [0, 0.1) is 0 Å². The predicted molar refractivity (Wildman–Crippen MR) is 104 cm³/mol. The van der Waals surface area contributed by atoms with Gasteiger partial charge in [0.2, 0.25) is 0 Å². The Hall–Kier alpha value is -2.50. The van der Waals surface area contributed by atoms with Gasteiger partial charge in [-0.2, -0.15) is 0 Å². The number of ether oxygens (including phenoxy) is 2. The van der Waals surface area contributed by atoms with E-state index in [1.807, 2.05) is 60.0 Å². The van der Waals surface area contributed by atoms with Crippen LogP contribution in [0.4, 0.5) is 0 Å². The van der Waals surface area contributed by atoms with Crippen molar-refractivity contribution in [3.8, 4) is 11.5 Å². The molecule has 3 aromatic rings. The smallest absolute Gasteiger partial charge is 0.261 e. The van der Waals surface area contributed by atoms with E-state index in [0.717, 1.165) is 11.1 Å². The lowest BCUT2D eigenvalue weighted by Gasteiger charge is -2.09. The van der Waals surface area contributed by atoms with Gasteiger partial charge < -0.3 is 14.8 Å². The number of halogens is 1. The highest BCUT2D eigenvalue weighted by Crippen LogP contribution is 2.27. The number of hydrogen-bond acceptors (Lipinski definition) is 4. The summed E-state index contributed by atoms with van der Waals surface area (Å²) in [7, 11) is 1.61. The largest absolute Gasteiger partial charge is 0.493 e. The zero-order chi connectivity index (χ0) is 18.4. The third kappa shape index (κ3) is 4.56. The van der Waals surface area contributed by atoms with Gasteiger partial charge in [-0.3, -0.25) is 4.79 Å². The summed E-state index contributed by atoms with van der Waals surface area (Å²) >= 11 is 7.49. The van der Waals surface area contributed by atoms with Crippen LogP contribution in [0.1, 0.15) is 20.8 Å². The number of thiophene rings is 1. The van der Waals surface area contributed by atoms with Crippen molar-refractivity contribution in [3.63, 3.8) is 0 Å². The average Bonchev–Trinajstić information content (AvgIpc) is 3.15. The Labute approximate surface area is 161 Å². The van der Waals surface area contributed by atoms with Gasteiger partial charge in [0.25, 0.3) is 5.91 Å². The van der Waals surface area contributed by atoms with Gasteiger partial charge in [-0.25, -0.2) is 0 Å². The zero-order valence-electron chi connectivity index (χ0n) is 14.2. The van der Waals surface area contributed by atoms with Crippen molar-refractivity contribution in [2.75, 3.05) is 7.11 Å². The number of methoxy groups -OCH3 is 1. The molecule has 0 aliphatic carbocycles. The first kappa shape index (κ1) is 18.3. The lowest BCUT2D eigenvalue weighted by atomic mass is 10.2. The van der Waals surface area contributed by atoms with Gasteiger partial charge in [0.1, 0.15) is 6.61 Å².